The van der Waals surface area contributed by atoms with E-state index >= 15 is 0 Å². The van der Waals surface area contributed by atoms with Crippen molar-refractivity contribution in [1.82, 2.24) is 14.9 Å². The number of nitrogens with one attached hydrogen (secondary N) is 1. The number of likely N-dealkylation sites (tertiary alicyclic amines) is 1. The molecule has 18 heavy (non-hydrogen) atoms. The first kappa shape index (κ1) is 13.1. The fourth-order valence-corrected chi connectivity index (χ4v) is 2.55. The van der Waals surface area contributed by atoms with Gasteiger partial charge in [-0.25, -0.2) is 4.98 Å². The van der Waals surface area contributed by atoms with E-state index in [1.807, 2.05) is 13.2 Å². The quantitative estimate of drug-likeness (QED) is 0.873. The summed E-state index contributed by atoms with van der Waals surface area (Å²) in [6, 6.07) is 0.641. The van der Waals surface area contributed by atoms with Crippen molar-refractivity contribution in [3.63, 3.8) is 0 Å². The summed E-state index contributed by atoms with van der Waals surface area (Å²) in [5, 5.41) is 2.99. The highest BCUT2D eigenvalue weighted by Crippen LogP contribution is 2.21. The Hall–Kier alpha value is -1.36. The van der Waals surface area contributed by atoms with Gasteiger partial charge >= 0.3 is 0 Å². The van der Waals surface area contributed by atoms with E-state index in [0.29, 0.717) is 12.0 Å². The van der Waals surface area contributed by atoms with Gasteiger partial charge in [0.2, 0.25) is 5.95 Å². The van der Waals surface area contributed by atoms with Crippen molar-refractivity contribution in [1.29, 1.82) is 0 Å². The van der Waals surface area contributed by atoms with Gasteiger partial charge in [0.15, 0.2) is 0 Å². The fourth-order valence-electron chi connectivity index (χ4n) is 2.55. The van der Waals surface area contributed by atoms with Gasteiger partial charge in [-0.05, 0) is 33.4 Å². The molecule has 1 atom stereocenters. The molecule has 1 N–H and O–H groups in total. The van der Waals surface area contributed by atoms with Gasteiger partial charge in [0.1, 0.15) is 5.82 Å². The Labute approximate surface area is 109 Å². The molecule has 5 nitrogen and oxygen atoms in total. The Bertz CT molecular complexity index is 406. The normalized spacial score (nSPS) is 20.1. The smallest absolute Gasteiger partial charge is 0.224 e. The Morgan fingerprint density at radius 1 is 1.56 bits per heavy atom. The van der Waals surface area contributed by atoms with Crippen LogP contribution in [0.3, 0.4) is 0 Å². The standard InChI is InChI=1S/C13H23N5/c1-10-8-15-13(14-2)16-12(10)18(4)9-11-6-5-7-17(11)3/h8,11H,5-7,9H2,1-4H3,(H,14,15,16). The van der Waals surface area contributed by atoms with Gasteiger partial charge in [0.05, 0.1) is 0 Å². The summed E-state index contributed by atoms with van der Waals surface area (Å²) in [6.07, 6.45) is 4.46. The van der Waals surface area contributed by atoms with Gasteiger partial charge in [-0.1, -0.05) is 0 Å². The van der Waals surface area contributed by atoms with Crippen molar-refractivity contribution in [2.45, 2.75) is 25.8 Å². The van der Waals surface area contributed by atoms with Crippen LogP contribution < -0.4 is 10.2 Å². The zero-order valence-electron chi connectivity index (χ0n) is 11.8. The Balaban J connectivity index is 2.10. The van der Waals surface area contributed by atoms with Crippen LogP contribution >= 0.6 is 0 Å². The topological polar surface area (TPSA) is 44.3 Å². The number of likely N-dealkylation sites (N-methyl/N-ethyl adjacent to an activating group) is 2. The minimum atomic E-state index is 0.641. The van der Waals surface area contributed by atoms with Crippen molar-refractivity contribution >= 4 is 11.8 Å². The van der Waals surface area contributed by atoms with E-state index in [2.05, 4.69) is 46.1 Å². The maximum Gasteiger partial charge on any atom is 0.224 e. The summed E-state index contributed by atoms with van der Waals surface area (Å²) in [4.78, 5) is 13.4. The molecule has 1 saturated heterocycles. The van der Waals surface area contributed by atoms with Crippen molar-refractivity contribution < 1.29 is 0 Å². The summed E-state index contributed by atoms with van der Waals surface area (Å²) in [5.41, 5.74) is 1.12. The van der Waals surface area contributed by atoms with E-state index in [1.54, 1.807) is 0 Å². The number of hydrogen-bond acceptors (Lipinski definition) is 5. The number of hydrogen-bond donors (Lipinski definition) is 1. The van der Waals surface area contributed by atoms with Gasteiger partial charge in [0, 0.05) is 38.4 Å². The van der Waals surface area contributed by atoms with Crippen LogP contribution in [0.5, 0.6) is 0 Å². The molecule has 0 aromatic carbocycles. The third-order valence-electron chi connectivity index (χ3n) is 3.69. The molecule has 1 aromatic rings. The fraction of sp³-hybridized carbons (Fsp3) is 0.692. The summed E-state index contributed by atoms with van der Waals surface area (Å²) in [5.74, 6) is 1.71. The highest BCUT2D eigenvalue weighted by atomic mass is 15.3. The largest absolute Gasteiger partial charge is 0.358 e. The molecule has 0 radical (unpaired) electrons. The first-order chi connectivity index (χ1) is 8.61. The molecule has 0 spiro atoms. The van der Waals surface area contributed by atoms with Crippen molar-refractivity contribution in [2.75, 3.05) is 44.4 Å². The zero-order chi connectivity index (χ0) is 13.1. The average molecular weight is 249 g/mol. The second-order valence-corrected chi connectivity index (χ2v) is 5.11. The summed E-state index contributed by atoms with van der Waals surface area (Å²) in [7, 11) is 6.16. The molecule has 2 rings (SSSR count). The number of aryl methyl sites for hydroxylation is 1. The third kappa shape index (κ3) is 2.72. The molecule has 1 aliphatic heterocycles. The Morgan fingerprint density at radius 2 is 2.33 bits per heavy atom. The van der Waals surface area contributed by atoms with Crippen molar-refractivity contribution in [3.05, 3.63) is 11.8 Å². The van der Waals surface area contributed by atoms with E-state index in [9.17, 15) is 0 Å². The lowest BCUT2D eigenvalue weighted by Crippen LogP contribution is -2.37. The van der Waals surface area contributed by atoms with Crippen LogP contribution in [0.25, 0.3) is 0 Å². The third-order valence-corrected chi connectivity index (χ3v) is 3.69. The highest BCUT2D eigenvalue weighted by Gasteiger charge is 2.23. The lowest BCUT2D eigenvalue weighted by Gasteiger charge is -2.27. The molecule has 1 aliphatic rings. The van der Waals surface area contributed by atoms with Crippen LogP contribution in [0.1, 0.15) is 18.4 Å². The van der Waals surface area contributed by atoms with Crippen LogP contribution in [0, 0.1) is 6.92 Å². The molecule has 0 aliphatic carbocycles. The molecule has 0 amide bonds. The average Bonchev–Trinajstić information content (AvgIpc) is 2.75. The highest BCUT2D eigenvalue weighted by molar-refractivity contribution is 5.48. The van der Waals surface area contributed by atoms with Crippen molar-refractivity contribution in [2.24, 2.45) is 0 Å². The van der Waals surface area contributed by atoms with Crippen LogP contribution in [0.15, 0.2) is 6.20 Å². The molecule has 1 aromatic heterocycles. The van der Waals surface area contributed by atoms with Gasteiger partial charge < -0.3 is 15.1 Å². The minimum Gasteiger partial charge on any atom is -0.358 e. The molecule has 2 heterocycles. The van der Waals surface area contributed by atoms with E-state index in [4.69, 9.17) is 0 Å². The SMILES string of the molecule is CNc1ncc(C)c(N(C)CC2CCCN2C)n1. The Morgan fingerprint density at radius 3 is 2.94 bits per heavy atom. The lowest BCUT2D eigenvalue weighted by molar-refractivity contribution is 0.314. The van der Waals surface area contributed by atoms with Crippen LogP contribution in [-0.2, 0) is 0 Å². The summed E-state index contributed by atoms with van der Waals surface area (Å²) in [6.45, 7) is 4.30. The van der Waals surface area contributed by atoms with Crippen LogP contribution in [-0.4, -0.2) is 55.1 Å². The van der Waals surface area contributed by atoms with E-state index < -0.39 is 0 Å². The summed E-state index contributed by atoms with van der Waals surface area (Å²) >= 11 is 0. The maximum atomic E-state index is 4.54. The predicted octanol–water partition coefficient (Wildman–Crippen LogP) is 1.36. The van der Waals surface area contributed by atoms with Gasteiger partial charge in [0.25, 0.3) is 0 Å². The second-order valence-electron chi connectivity index (χ2n) is 5.11. The molecule has 0 saturated carbocycles. The molecular formula is C13H23N5. The van der Waals surface area contributed by atoms with E-state index in [-0.39, 0.29) is 0 Å². The maximum absolute atomic E-state index is 4.54. The molecule has 0 bridgehead atoms. The molecule has 5 heteroatoms. The van der Waals surface area contributed by atoms with Gasteiger partial charge in [-0.2, -0.15) is 4.98 Å². The Kier molecular flexibility index (Phi) is 4.01. The number of rotatable bonds is 4. The van der Waals surface area contributed by atoms with E-state index in [1.165, 1.54) is 19.4 Å². The number of aromatic nitrogens is 2. The summed E-state index contributed by atoms with van der Waals surface area (Å²) < 4.78 is 0. The molecule has 100 valence electrons. The first-order valence-electron chi connectivity index (χ1n) is 6.54. The predicted molar refractivity (Wildman–Crippen MR) is 75.2 cm³/mol. The molecule has 1 fully saturated rings. The number of anilines is 2. The monoisotopic (exact) mass is 249 g/mol. The first-order valence-corrected chi connectivity index (χ1v) is 6.54. The van der Waals surface area contributed by atoms with E-state index in [0.717, 1.165) is 17.9 Å². The van der Waals surface area contributed by atoms with Crippen LogP contribution in [0.4, 0.5) is 11.8 Å². The van der Waals surface area contributed by atoms with Gasteiger partial charge in [-0.3, -0.25) is 0 Å². The zero-order valence-corrected chi connectivity index (χ0v) is 11.8. The second kappa shape index (κ2) is 5.52. The lowest BCUT2D eigenvalue weighted by atomic mass is 10.2. The molecular weight excluding hydrogens is 226 g/mol. The molecule has 1 unspecified atom stereocenters. The van der Waals surface area contributed by atoms with Gasteiger partial charge in [-0.15, -0.1) is 0 Å². The van der Waals surface area contributed by atoms with Crippen molar-refractivity contribution in [3.8, 4) is 0 Å². The minimum absolute atomic E-state index is 0.641. The number of nitrogens with zero attached hydrogens (tertiary/aromatic N) is 4. The van der Waals surface area contributed by atoms with Crippen LogP contribution in [0.2, 0.25) is 0 Å².